The maximum absolute atomic E-state index is 12.6. The Labute approximate surface area is 177 Å². The van der Waals surface area contributed by atoms with Crippen molar-refractivity contribution < 1.29 is 21.6 Å². The zero-order chi connectivity index (χ0) is 19.4. The predicted molar refractivity (Wildman–Crippen MR) is 110 cm³/mol. The monoisotopic (exact) mass is 541 g/mol. The van der Waals surface area contributed by atoms with E-state index in [4.69, 9.17) is 0 Å². The van der Waals surface area contributed by atoms with Gasteiger partial charge in [0.15, 0.2) is 5.96 Å². The van der Waals surface area contributed by atoms with Crippen LogP contribution in [0.5, 0.6) is 0 Å². The van der Waals surface area contributed by atoms with Crippen molar-refractivity contribution in [1.82, 2.24) is 19.9 Å². The Hall–Kier alpha value is -0.670. The van der Waals surface area contributed by atoms with Crippen LogP contribution in [-0.2, 0) is 23.0 Å². The van der Waals surface area contributed by atoms with Gasteiger partial charge in [-0.2, -0.15) is 17.5 Å². The molecule has 1 aliphatic heterocycles. The molecule has 156 valence electrons. The molecule has 1 aromatic rings. The van der Waals surface area contributed by atoms with E-state index in [9.17, 15) is 21.6 Å². The minimum Gasteiger partial charge on any atom is -0.354 e. The molecule has 0 spiro atoms. The first-order chi connectivity index (χ1) is 12.2. The van der Waals surface area contributed by atoms with Gasteiger partial charge in [-0.15, -0.1) is 35.3 Å². The third-order valence-electron chi connectivity index (χ3n) is 4.01. The highest BCUT2D eigenvalue weighted by atomic mass is 127. The lowest BCUT2D eigenvalue weighted by Gasteiger charge is -2.32. The van der Waals surface area contributed by atoms with E-state index in [0.717, 1.165) is 11.4 Å². The summed E-state index contributed by atoms with van der Waals surface area (Å²) in [5.74, 6) is 0.510. The molecule has 7 nitrogen and oxygen atoms in total. The molecule has 0 aromatic carbocycles. The van der Waals surface area contributed by atoms with Crippen molar-refractivity contribution in [3.8, 4) is 0 Å². The van der Waals surface area contributed by atoms with Gasteiger partial charge in [-0.3, -0.25) is 4.99 Å². The number of nitrogens with zero attached hydrogens (tertiary/aromatic N) is 3. The van der Waals surface area contributed by atoms with Gasteiger partial charge in [-0.05, 0) is 19.3 Å². The SMILES string of the molecule is CCc1cnc(CNC(=NC)NC2CCN(S(=O)(=O)C(F)(F)F)CC2)s1.I. The quantitative estimate of drug-likeness (QED) is 0.340. The van der Waals surface area contributed by atoms with Crippen LogP contribution >= 0.6 is 35.3 Å². The summed E-state index contributed by atoms with van der Waals surface area (Å²) in [5.41, 5.74) is -5.25. The van der Waals surface area contributed by atoms with Gasteiger partial charge in [-0.1, -0.05) is 6.92 Å². The Morgan fingerprint density at radius 3 is 2.52 bits per heavy atom. The fraction of sp³-hybridized carbons (Fsp3) is 0.714. The van der Waals surface area contributed by atoms with E-state index in [1.807, 2.05) is 6.20 Å². The Balaban J connectivity index is 0.00000364. The van der Waals surface area contributed by atoms with Crippen molar-refractivity contribution in [1.29, 1.82) is 0 Å². The predicted octanol–water partition coefficient (Wildman–Crippen LogP) is 2.30. The topological polar surface area (TPSA) is 86.7 Å². The van der Waals surface area contributed by atoms with Crippen LogP contribution in [0.3, 0.4) is 0 Å². The Bertz CT molecular complexity index is 731. The molecule has 1 fully saturated rings. The lowest BCUT2D eigenvalue weighted by atomic mass is 10.1. The van der Waals surface area contributed by atoms with Crippen LogP contribution in [-0.4, -0.2) is 55.4 Å². The van der Waals surface area contributed by atoms with Crippen LogP contribution in [0.1, 0.15) is 29.7 Å². The molecule has 13 heteroatoms. The summed E-state index contributed by atoms with van der Waals surface area (Å²) in [6.07, 6.45) is 3.29. The molecule has 0 bridgehead atoms. The highest BCUT2D eigenvalue weighted by Crippen LogP contribution is 2.28. The van der Waals surface area contributed by atoms with E-state index >= 15 is 0 Å². The van der Waals surface area contributed by atoms with E-state index < -0.39 is 15.5 Å². The highest BCUT2D eigenvalue weighted by Gasteiger charge is 2.50. The third-order valence-corrected chi connectivity index (χ3v) is 6.78. The molecule has 27 heavy (non-hydrogen) atoms. The Morgan fingerprint density at radius 2 is 2.04 bits per heavy atom. The highest BCUT2D eigenvalue weighted by molar-refractivity contribution is 14.0. The molecule has 2 N–H and O–H groups in total. The molecular formula is C14H23F3IN5O2S2. The number of aryl methyl sites for hydroxylation is 1. The number of rotatable bonds is 5. The minimum absolute atomic E-state index is 0. The van der Waals surface area contributed by atoms with Gasteiger partial charge in [0, 0.05) is 37.3 Å². The van der Waals surface area contributed by atoms with Crippen molar-refractivity contribution in [2.45, 2.75) is 44.3 Å². The van der Waals surface area contributed by atoms with E-state index in [2.05, 4.69) is 27.5 Å². The average molecular weight is 541 g/mol. The standard InChI is InChI=1S/C14H22F3N5O2S2.HI/c1-3-11-8-19-12(25-11)9-20-13(18-2)21-10-4-6-22(7-5-10)26(23,24)14(15,16)17;/h8,10H,3-7,9H2,1-2H3,(H2,18,20,21);1H. The second kappa shape index (κ2) is 10.2. The first-order valence-electron chi connectivity index (χ1n) is 8.14. The van der Waals surface area contributed by atoms with Crippen LogP contribution < -0.4 is 10.6 Å². The normalized spacial score (nSPS) is 17.4. The second-order valence-electron chi connectivity index (χ2n) is 5.77. The van der Waals surface area contributed by atoms with Crippen molar-refractivity contribution in [2.75, 3.05) is 20.1 Å². The Kier molecular flexibility index (Phi) is 9.21. The molecule has 0 amide bonds. The number of sulfonamides is 1. The van der Waals surface area contributed by atoms with Gasteiger partial charge in [0.05, 0.1) is 6.54 Å². The number of piperidine rings is 1. The van der Waals surface area contributed by atoms with Gasteiger partial charge in [0.1, 0.15) is 5.01 Å². The summed E-state index contributed by atoms with van der Waals surface area (Å²) in [6, 6.07) is -0.150. The maximum atomic E-state index is 12.6. The lowest BCUT2D eigenvalue weighted by Crippen LogP contribution is -2.51. The molecule has 2 heterocycles. The Morgan fingerprint density at radius 1 is 1.41 bits per heavy atom. The van der Waals surface area contributed by atoms with Crippen molar-refractivity contribution in [2.24, 2.45) is 4.99 Å². The molecule has 0 radical (unpaired) electrons. The summed E-state index contributed by atoms with van der Waals surface area (Å²) in [6.45, 7) is 2.19. The third kappa shape index (κ3) is 6.42. The van der Waals surface area contributed by atoms with Crippen LogP contribution in [0.4, 0.5) is 13.2 Å². The van der Waals surface area contributed by atoms with Crippen molar-refractivity contribution in [3.05, 3.63) is 16.1 Å². The zero-order valence-electron chi connectivity index (χ0n) is 14.9. The molecule has 2 rings (SSSR count). The molecular weight excluding hydrogens is 518 g/mol. The zero-order valence-corrected chi connectivity index (χ0v) is 18.9. The van der Waals surface area contributed by atoms with Crippen LogP contribution in [0, 0.1) is 0 Å². The number of hydrogen-bond donors (Lipinski definition) is 2. The summed E-state index contributed by atoms with van der Waals surface area (Å²) in [7, 11) is -3.66. The van der Waals surface area contributed by atoms with E-state index in [1.54, 1.807) is 18.4 Å². The van der Waals surface area contributed by atoms with Gasteiger partial charge >= 0.3 is 15.5 Å². The molecule has 1 aromatic heterocycles. The number of thiazole rings is 1. The molecule has 0 atom stereocenters. The minimum atomic E-state index is -5.25. The number of aromatic nitrogens is 1. The van der Waals surface area contributed by atoms with E-state index in [-0.39, 0.29) is 55.9 Å². The lowest BCUT2D eigenvalue weighted by molar-refractivity contribution is -0.0494. The summed E-state index contributed by atoms with van der Waals surface area (Å²) < 4.78 is 61.1. The van der Waals surface area contributed by atoms with E-state index in [0.29, 0.717) is 16.8 Å². The van der Waals surface area contributed by atoms with Crippen molar-refractivity contribution in [3.63, 3.8) is 0 Å². The van der Waals surface area contributed by atoms with E-state index in [1.165, 1.54) is 4.88 Å². The number of alkyl halides is 3. The molecule has 1 saturated heterocycles. The van der Waals surface area contributed by atoms with Crippen LogP contribution in [0.15, 0.2) is 11.2 Å². The first kappa shape index (κ1) is 24.4. The van der Waals surface area contributed by atoms with Gasteiger partial charge in [-0.25, -0.2) is 13.4 Å². The molecule has 0 unspecified atom stereocenters. The number of hydrogen-bond acceptors (Lipinski definition) is 5. The van der Waals surface area contributed by atoms with Gasteiger partial charge in [0.2, 0.25) is 0 Å². The van der Waals surface area contributed by atoms with Crippen LogP contribution in [0.25, 0.3) is 0 Å². The summed E-state index contributed by atoms with van der Waals surface area (Å²) in [4.78, 5) is 9.57. The van der Waals surface area contributed by atoms with Crippen molar-refractivity contribution >= 4 is 51.3 Å². The summed E-state index contributed by atoms with van der Waals surface area (Å²) >= 11 is 1.60. The second-order valence-corrected chi connectivity index (χ2v) is 8.90. The maximum Gasteiger partial charge on any atom is 0.511 e. The number of nitrogens with one attached hydrogen (secondary N) is 2. The smallest absolute Gasteiger partial charge is 0.354 e. The fourth-order valence-corrected chi connectivity index (χ4v) is 4.31. The molecule has 0 saturated carbocycles. The van der Waals surface area contributed by atoms with Gasteiger partial charge < -0.3 is 10.6 Å². The number of guanidine groups is 1. The number of halogens is 4. The van der Waals surface area contributed by atoms with Crippen LogP contribution in [0.2, 0.25) is 0 Å². The largest absolute Gasteiger partial charge is 0.511 e. The molecule has 1 aliphatic rings. The number of aliphatic imine (C=N–C) groups is 1. The molecule has 0 aliphatic carbocycles. The summed E-state index contributed by atoms with van der Waals surface area (Å²) in [5, 5.41) is 7.14. The average Bonchev–Trinajstić information content (AvgIpc) is 3.06. The first-order valence-corrected chi connectivity index (χ1v) is 10.4. The fourth-order valence-electron chi connectivity index (χ4n) is 2.53. The van der Waals surface area contributed by atoms with Gasteiger partial charge in [0.25, 0.3) is 0 Å².